The number of para-hydroxylation sites is 1. The number of carbonyl (C=O) groups excluding carboxylic acids is 1. The molecule has 2 aliphatic heterocycles. The number of anilines is 1. The molecular formula is C21H31N4O3S+. The van der Waals surface area contributed by atoms with Crippen LogP contribution in [0.25, 0.3) is 0 Å². The summed E-state index contributed by atoms with van der Waals surface area (Å²) < 4.78 is 0. The van der Waals surface area contributed by atoms with Crippen molar-refractivity contribution < 1.29 is 19.9 Å². The fourth-order valence-electron chi connectivity index (χ4n) is 4.55. The van der Waals surface area contributed by atoms with E-state index in [-0.39, 0.29) is 23.5 Å². The number of amidine groups is 1. The van der Waals surface area contributed by atoms with Crippen molar-refractivity contribution in [2.75, 3.05) is 31.5 Å². The number of aliphatic hydroxyl groups excluding tert-OH is 2. The first-order chi connectivity index (χ1) is 14.1. The van der Waals surface area contributed by atoms with Gasteiger partial charge in [0.25, 0.3) is 0 Å². The number of benzene rings is 1. The molecule has 2 heterocycles. The fourth-order valence-corrected chi connectivity index (χ4v) is 5.93. The highest BCUT2D eigenvalue weighted by Gasteiger charge is 2.50. The standard InChI is InChI=1S/C21H30N4O3S/c26-16-13-15(20(28)22-9-12-25-10-5-2-6-11-25)19-17(18(16)27)24-21(29-19)23-14-7-3-1-4-8-14/h1,3-4,7-8,15-19,26-27H,2,5-6,9-13H2,(H,22,28)(H,23,24)/p+1/t15-,16+,17-,18-,19+/m0/s1. The Morgan fingerprint density at radius 3 is 2.69 bits per heavy atom. The van der Waals surface area contributed by atoms with Gasteiger partial charge in [0, 0.05) is 10.9 Å². The first-order valence-electron chi connectivity index (χ1n) is 10.7. The van der Waals surface area contributed by atoms with Crippen LogP contribution in [0.15, 0.2) is 35.3 Å². The number of nitrogens with zero attached hydrogens (tertiary/aromatic N) is 1. The molecule has 8 heteroatoms. The minimum absolute atomic E-state index is 0.0361. The quantitative estimate of drug-likeness (QED) is 0.458. The topological polar surface area (TPSA) is 98.4 Å². The SMILES string of the molecule is O=C(NCC[NH+]1CCCCC1)[C@H]1C[C@@H](O)[C@H](O)[C@@H]2N=C(Nc3ccccc3)S[C@@H]21. The van der Waals surface area contributed by atoms with Gasteiger partial charge >= 0.3 is 0 Å². The maximum Gasteiger partial charge on any atom is 0.224 e. The fraction of sp³-hybridized carbons (Fsp3) is 0.619. The molecule has 158 valence electrons. The third-order valence-corrected chi connectivity index (χ3v) is 7.50. The number of aliphatic imine (C=N–C) groups is 1. The summed E-state index contributed by atoms with van der Waals surface area (Å²) in [5.41, 5.74) is 0.915. The molecule has 5 N–H and O–H groups in total. The predicted octanol–water partition coefficient (Wildman–Crippen LogP) is -0.135. The van der Waals surface area contributed by atoms with Crippen LogP contribution in [0.2, 0.25) is 0 Å². The lowest BCUT2D eigenvalue weighted by Gasteiger charge is -2.37. The molecule has 1 saturated heterocycles. The highest BCUT2D eigenvalue weighted by Crippen LogP contribution is 2.41. The molecule has 29 heavy (non-hydrogen) atoms. The smallest absolute Gasteiger partial charge is 0.224 e. The van der Waals surface area contributed by atoms with Crippen LogP contribution in [0, 0.1) is 5.92 Å². The van der Waals surface area contributed by atoms with Crippen LogP contribution < -0.4 is 15.5 Å². The number of nitrogens with one attached hydrogen (secondary N) is 3. The van der Waals surface area contributed by atoms with Gasteiger partial charge in [-0.25, -0.2) is 0 Å². The van der Waals surface area contributed by atoms with Gasteiger partial charge in [0.15, 0.2) is 5.17 Å². The van der Waals surface area contributed by atoms with Gasteiger partial charge in [-0.3, -0.25) is 9.79 Å². The molecule has 1 saturated carbocycles. The molecule has 5 atom stereocenters. The molecule has 1 aromatic carbocycles. The van der Waals surface area contributed by atoms with E-state index in [2.05, 4.69) is 15.6 Å². The van der Waals surface area contributed by atoms with E-state index >= 15 is 0 Å². The number of thioether (sulfide) groups is 1. The second-order valence-electron chi connectivity index (χ2n) is 8.25. The zero-order valence-corrected chi connectivity index (χ0v) is 17.4. The van der Waals surface area contributed by atoms with Gasteiger partial charge in [0.2, 0.25) is 5.91 Å². The van der Waals surface area contributed by atoms with Crippen molar-refractivity contribution in [2.45, 2.75) is 49.2 Å². The van der Waals surface area contributed by atoms with Crippen LogP contribution in [0.3, 0.4) is 0 Å². The van der Waals surface area contributed by atoms with Crippen LogP contribution in [0.5, 0.6) is 0 Å². The summed E-state index contributed by atoms with van der Waals surface area (Å²) in [6, 6.07) is 9.25. The van der Waals surface area contributed by atoms with E-state index in [0.717, 1.165) is 12.2 Å². The van der Waals surface area contributed by atoms with Gasteiger partial charge in [-0.15, -0.1) is 0 Å². The minimum atomic E-state index is -0.940. The van der Waals surface area contributed by atoms with E-state index in [9.17, 15) is 15.0 Å². The summed E-state index contributed by atoms with van der Waals surface area (Å²) in [5.74, 6) is -0.399. The third-order valence-electron chi connectivity index (χ3n) is 6.19. The average molecular weight is 420 g/mol. The highest BCUT2D eigenvalue weighted by molar-refractivity contribution is 8.15. The molecule has 3 aliphatic rings. The van der Waals surface area contributed by atoms with Crippen LogP contribution in [0.4, 0.5) is 5.69 Å². The summed E-state index contributed by atoms with van der Waals surface area (Å²) >= 11 is 1.49. The molecule has 0 radical (unpaired) electrons. The Kier molecular flexibility index (Phi) is 6.74. The number of aliphatic hydroxyl groups is 2. The van der Waals surface area contributed by atoms with E-state index < -0.39 is 18.2 Å². The van der Waals surface area contributed by atoms with Crippen molar-refractivity contribution in [3.63, 3.8) is 0 Å². The van der Waals surface area contributed by atoms with E-state index in [1.807, 2.05) is 30.3 Å². The zero-order valence-electron chi connectivity index (χ0n) is 16.6. The normalized spacial score (nSPS) is 32.3. The van der Waals surface area contributed by atoms with Crippen molar-refractivity contribution in [1.82, 2.24) is 5.32 Å². The van der Waals surface area contributed by atoms with Crippen molar-refractivity contribution >= 4 is 28.5 Å². The third kappa shape index (κ3) is 4.94. The number of carbonyl (C=O) groups is 1. The van der Waals surface area contributed by atoms with Crippen LogP contribution in [-0.2, 0) is 4.79 Å². The van der Waals surface area contributed by atoms with Crippen LogP contribution in [-0.4, -0.2) is 71.0 Å². The lowest BCUT2D eigenvalue weighted by atomic mass is 9.81. The van der Waals surface area contributed by atoms with Gasteiger partial charge in [-0.1, -0.05) is 30.0 Å². The number of fused-ring (bicyclic) bond motifs is 1. The maximum atomic E-state index is 12.9. The van der Waals surface area contributed by atoms with Crippen molar-refractivity contribution in [3.05, 3.63) is 30.3 Å². The van der Waals surface area contributed by atoms with Crippen LogP contribution in [0.1, 0.15) is 25.7 Å². The zero-order chi connectivity index (χ0) is 20.2. The van der Waals surface area contributed by atoms with Crippen molar-refractivity contribution in [2.24, 2.45) is 10.9 Å². The number of hydrogen-bond acceptors (Lipinski definition) is 6. The minimum Gasteiger partial charge on any atom is -0.390 e. The van der Waals surface area contributed by atoms with Gasteiger partial charge in [0.1, 0.15) is 6.10 Å². The summed E-state index contributed by atoms with van der Waals surface area (Å²) in [6.07, 6.45) is 2.25. The first-order valence-corrected chi connectivity index (χ1v) is 11.5. The van der Waals surface area contributed by atoms with E-state index in [1.54, 1.807) is 4.90 Å². The molecule has 1 amide bonds. The highest BCUT2D eigenvalue weighted by atomic mass is 32.2. The van der Waals surface area contributed by atoms with Gasteiger partial charge in [-0.2, -0.15) is 0 Å². The molecule has 7 nitrogen and oxygen atoms in total. The Bertz CT molecular complexity index is 726. The Morgan fingerprint density at radius 1 is 1.17 bits per heavy atom. The Balaban J connectivity index is 1.36. The van der Waals surface area contributed by atoms with Gasteiger partial charge < -0.3 is 25.7 Å². The molecule has 0 aromatic heterocycles. The molecule has 1 aliphatic carbocycles. The van der Waals surface area contributed by atoms with E-state index in [1.165, 1.54) is 44.1 Å². The van der Waals surface area contributed by atoms with Gasteiger partial charge in [-0.05, 0) is 37.8 Å². The molecule has 4 rings (SSSR count). The number of piperidine rings is 1. The maximum absolute atomic E-state index is 12.9. The summed E-state index contributed by atoms with van der Waals surface area (Å²) in [5, 5.41) is 27.6. The molecule has 0 spiro atoms. The second-order valence-corrected chi connectivity index (χ2v) is 9.42. The predicted molar refractivity (Wildman–Crippen MR) is 115 cm³/mol. The molecular weight excluding hydrogens is 388 g/mol. The molecule has 0 bridgehead atoms. The number of hydrogen-bond donors (Lipinski definition) is 5. The molecule has 0 unspecified atom stereocenters. The first kappa shape index (κ1) is 20.7. The van der Waals surface area contributed by atoms with E-state index in [0.29, 0.717) is 11.7 Å². The number of rotatable bonds is 5. The summed E-state index contributed by atoms with van der Waals surface area (Å²) in [7, 11) is 0. The monoisotopic (exact) mass is 419 g/mol. The van der Waals surface area contributed by atoms with Crippen molar-refractivity contribution in [3.8, 4) is 0 Å². The van der Waals surface area contributed by atoms with E-state index in [4.69, 9.17) is 0 Å². The Hall–Kier alpha value is -1.61. The number of likely N-dealkylation sites (tertiary alicyclic amines) is 1. The summed E-state index contributed by atoms with van der Waals surface area (Å²) in [4.78, 5) is 19.1. The van der Waals surface area contributed by atoms with Gasteiger partial charge in [0.05, 0.1) is 44.2 Å². The van der Waals surface area contributed by atoms with Crippen molar-refractivity contribution in [1.29, 1.82) is 0 Å². The molecule has 2 fully saturated rings. The number of quaternary nitrogens is 1. The number of amides is 1. The average Bonchev–Trinajstić information content (AvgIpc) is 3.16. The largest absolute Gasteiger partial charge is 0.390 e. The lowest BCUT2D eigenvalue weighted by Crippen LogP contribution is -3.13. The Labute approximate surface area is 176 Å². The Morgan fingerprint density at radius 2 is 1.93 bits per heavy atom. The summed E-state index contributed by atoms with van der Waals surface area (Å²) in [6.45, 7) is 3.98. The van der Waals surface area contributed by atoms with Crippen LogP contribution >= 0.6 is 11.8 Å². The lowest BCUT2D eigenvalue weighted by molar-refractivity contribution is -0.903. The second kappa shape index (κ2) is 9.47. The molecule has 1 aromatic rings.